The number of nitrogens with one attached hydrogen (secondary N) is 1. The van der Waals surface area contributed by atoms with Crippen molar-refractivity contribution in [3.05, 3.63) is 71.2 Å². The molecule has 0 unspecified atom stereocenters. The number of halogens is 1. The summed E-state index contributed by atoms with van der Waals surface area (Å²) in [4.78, 5) is 8.26. The van der Waals surface area contributed by atoms with Crippen molar-refractivity contribution in [2.24, 2.45) is 5.73 Å². The molecule has 0 radical (unpaired) electrons. The summed E-state index contributed by atoms with van der Waals surface area (Å²) in [6.07, 6.45) is 6.79. The summed E-state index contributed by atoms with van der Waals surface area (Å²) in [5.41, 5.74) is 9.36. The van der Waals surface area contributed by atoms with E-state index in [2.05, 4.69) is 21.9 Å². The van der Waals surface area contributed by atoms with Crippen LogP contribution in [0.25, 0.3) is 5.57 Å². The molecule has 0 aliphatic carbocycles. The van der Waals surface area contributed by atoms with E-state index >= 15 is 0 Å². The Morgan fingerprint density at radius 3 is 2.68 bits per heavy atom. The van der Waals surface area contributed by atoms with Crippen molar-refractivity contribution in [3.8, 4) is 5.75 Å². The molecule has 25 heavy (non-hydrogen) atoms. The number of anilines is 2. The van der Waals surface area contributed by atoms with E-state index in [1.807, 2.05) is 38.1 Å². The average molecular weight is 357 g/mol. The fourth-order valence-electron chi connectivity index (χ4n) is 2.11. The van der Waals surface area contributed by atoms with Gasteiger partial charge in [0.2, 0.25) is 0 Å². The SMILES string of the molecule is C=C/C(=C\C=C(C)C)c1ncnc(Nc2ccc(CN)c(Cl)c2)c1O. The van der Waals surface area contributed by atoms with E-state index in [0.29, 0.717) is 28.5 Å². The second-order valence-electron chi connectivity index (χ2n) is 5.62. The van der Waals surface area contributed by atoms with E-state index in [1.54, 1.807) is 12.1 Å². The van der Waals surface area contributed by atoms with Gasteiger partial charge in [0.05, 0.1) is 0 Å². The maximum atomic E-state index is 10.5. The van der Waals surface area contributed by atoms with Crippen molar-refractivity contribution in [2.75, 3.05) is 5.32 Å². The van der Waals surface area contributed by atoms with Crippen molar-refractivity contribution in [1.29, 1.82) is 0 Å². The Hall–Kier alpha value is -2.63. The lowest BCUT2D eigenvalue weighted by Crippen LogP contribution is -2.00. The molecule has 0 aliphatic rings. The number of aromatic hydroxyl groups is 1. The molecule has 2 rings (SSSR count). The summed E-state index contributed by atoms with van der Waals surface area (Å²) in [6, 6.07) is 5.38. The third-order valence-electron chi connectivity index (χ3n) is 3.45. The first-order valence-corrected chi connectivity index (χ1v) is 8.11. The highest BCUT2D eigenvalue weighted by Gasteiger charge is 2.13. The van der Waals surface area contributed by atoms with Gasteiger partial charge >= 0.3 is 0 Å². The number of rotatable bonds is 6. The van der Waals surface area contributed by atoms with Crippen LogP contribution in [0.15, 0.2) is 54.9 Å². The Balaban J connectivity index is 2.38. The highest BCUT2D eigenvalue weighted by atomic mass is 35.5. The first-order valence-electron chi connectivity index (χ1n) is 7.73. The van der Waals surface area contributed by atoms with Crippen molar-refractivity contribution in [2.45, 2.75) is 20.4 Å². The summed E-state index contributed by atoms with van der Waals surface area (Å²) < 4.78 is 0. The van der Waals surface area contributed by atoms with E-state index in [9.17, 15) is 5.11 Å². The van der Waals surface area contributed by atoms with Crippen molar-refractivity contribution in [3.63, 3.8) is 0 Å². The first kappa shape index (κ1) is 18.7. The van der Waals surface area contributed by atoms with Gasteiger partial charge in [-0.1, -0.05) is 48.0 Å². The largest absolute Gasteiger partial charge is 0.503 e. The molecule has 0 amide bonds. The number of nitrogens with two attached hydrogens (primary N) is 1. The third kappa shape index (κ3) is 4.68. The number of allylic oxidation sites excluding steroid dienone is 5. The fraction of sp³-hybridized carbons (Fsp3) is 0.158. The van der Waals surface area contributed by atoms with Gasteiger partial charge in [0.15, 0.2) is 11.6 Å². The molecule has 0 spiro atoms. The minimum atomic E-state index is -0.0603. The highest BCUT2D eigenvalue weighted by molar-refractivity contribution is 6.31. The van der Waals surface area contributed by atoms with Gasteiger partial charge in [-0.3, -0.25) is 0 Å². The Morgan fingerprint density at radius 2 is 2.08 bits per heavy atom. The normalized spacial score (nSPS) is 11.1. The predicted octanol–water partition coefficient (Wildman–Crippen LogP) is 4.57. The van der Waals surface area contributed by atoms with Crippen LogP contribution < -0.4 is 11.1 Å². The van der Waals surface area contributed by atoms with E-state index in [0.717, 1.165) is 11.1 Å². The van der Waals surface area contributed by atoms with Gasteiger partial charge in [-0.15, -0.1) is 0 Å². The Labute approximate surface area is 152 Å². The molecule has 130 valence electrons. The monoisotopic (exact) mass is 356 g/mol. The van der Waals surface area contributed by atoms with Crippen LogP contribution in [0, 0.1) is 0 Å². The highest BCUT2D eigenvalue weighted by Crippen LogP contribution is 2.32. The van der Waals surface area contributed by atoms with Gasteiger partial charge in [-0.2, -0.15) is 0 Å². The van der Waals surface area contributed by atoms with Crippen LogP contribution in [-0.4, -0.2) is 15.1 Å². The van der Waals surface area contributed by atoms with Crippen LogP contribution in [0.2, 0.25) is 5.02 Å². The lowest BCUT2D eigenvalue weighted by molar-refractivity contribution is 0.470. The van der Waals surface area contributed by atoms with Crippen LogP contribution in [0.3, 0.4) is 0 Å². The molecule has 1 aromatic carbocycles. The zero-order chi connectivity index (χ0) is 18.4. The molecular formula is C19H21ClN4O. The molecule has 2 aromatic rings. The van der Waals surface area contributed by atoms with Crippen LogP contribution in [0.5, 0.6) is 5.75 Å². The average Bonchev–Trinajstić information content (AvgIpc) is 2.58. The van der Waals surface area contributed by atoms with Gasteiger partial charge in [0.25, 0.3) is 0 Å². The molecule has 1 heterocycles. The molecule has 6 heteroatoms. The summed E-state index contributed by atoms with van der Waals surface area (Å²) in [6.45, 7) is 8.11. The first-order chi connectivity index (χ1) is 12.0. The lowest BCUT2D eigenvalue weighted by atomic mass is 10.1. The molecule has 0 atom stereocenters. The van der Waals surface area contributed by atoms with Gasteiger partial charge in [0, 0.05) is 22.8 Å². The molecular weight excluding hydrogens is 336 g/mol. The van der Waals surface area contributed by atoms with Gasteiger partial charge < -0.3 is 16.2 Å². The van der Waals surface area contributed by atoms with Gasteiger partial charge in [0.1, 0.15) is 12.0 Å². The number of hydrogen-bond acceptors (Lipinski definition) is 5. The summed E-state index contributed by atoms with van der Waals surface area (Å²) in [5.74, 6) is 0.223. The van der Waals surface area contributed by atoms with Crippen LogP contribution in [0.1, 0.15) is 25.1 Å². The zero-order valence-corrected chi connectivity index (χ0v) is 15.0. The third-order valence-corrected chi connectivity index (χ3v) is 3.80. The zero-order valence-electron chi connectivity index (χ0n) is 14.3. The molecule has 0 saturated carbocycles. The molecule has 0 bridgehead atoms. The Bertz CT molecular complexity index is 839. The topological polar surface area (TPSA) is 84.1 Å². The second-order valence-corrected chi connectivity index (χ2v) is 6.03. The predicted molar refractivity (Wildman–Crippen MR) is 104 cm³/mol. The van der Waals surface area contributed by atoms with Crippen molar-refractivity contribution < 1.29 is 5.11 Å². The maximum absolute atomic E-state index is 10.5. The van der Waals surface area contributed by atoms with E-state index in [1.165, 1.54) is 6.33 Å². The minimum absolute atomic E-state index is 0.0603. The molecule has 1 aromatic heterocycles. The summed E-state index contributed by atoms with van der Waals surface area (Å²) >= 11 is 6.17. The quantitative estimate of drug-likeness (QED) is 0.660. The van der Waals surface area contributed by atoms with Crippen LogP contribution in [0.4, 0.5) is 11.5 Å². The number of benzene rings is 1. The molecule has 5 nitrogen and oxygen atoms in total. The van der Waals surface area contributed by atoms with Crippen LogP contribution >= 0.6 is 11.6 Å². The second kappa shape index (κ2) is 8.46. The number of hydrogen-bond donors (Lipinski definition) is 3. The Morgan fingerprint density at radius 1 is 1.32 bits per heavy atom. The smallest absolute Gasteiger partial charge is 0.185 e. The van der Waals surface area contributed by atoms with Crippen molar-refractivity contribution in [1.82, 2.24) is 9.97 Å². The summed E-state index contributed by atoms with van der Waals surface area (Å²) in [5, 5.41) is 14.1. The number of aromatic nitrogens is 2. The van der Waals surface area contributed by atoms with E-state index in [4.69, 9.17) is 17.3 Å². The molecule has 0 fully saturated rings. The molecule has 0 aliphatic heterocycles. The van der Waals surface area contributed by atoms with E-state index in [-0.39, 0.29) is 11.6 Å². The standard InChI is InChI=1S/C19H21ClN4O/c1-4-13(6-5-12(2)3)17-18(25)19(23-11-22-17)24-15-8-7-14(10-21)16(20)9-15/h4-9,11,25H,1,10,21H2,2-3H3,(H,22,23,24)/b13-6+. The minimum Gasteiger partial charge on any atom is -0.503 e. The Kier molecular flexibility index (Phi) is 6.33. The van der Waals surface area contributed by atoms with E-state index < -0.39 is 0 Å². The molecule has 4 N–H and O–H groups in total. The van der Waals surface area contributed by atoms with Gasteiger partial charge in [-0.05, 0) is 31.5 Å². The number of nitrogens with zero attached hydrogens (tertiary/aromatic N) is 2. The molecule has 0 saturated heterocycles. The van der Waals surface area contributed by atoms with Crippen LogP contribution in [-0.2, 0) is 6.54 Å². The van der Waals surface area contributed by atoms with Crippen molar-refractivity contribution >= 4 is 28.7 Å². The lowest BCUT2D eigenvalue weighted by Gasteiger charge is -2.11. The maximum Gasteiger partial charge on any atom is 0.185 e. The fourth-order valence-corrected chi connectivity index (χ4v) is 2.37. The summed E-state index contributed by atoms with van der Waals surface area (Å²) in [7, 11) is 0. The van der Waals surface area contributed by atoms with Gasteiger partial charge in [-0.25, -0.2) is 9.97 Å².